The molecule has 0 saturated heterocycles. The molecule has 5 heteroatoms. The van der Waals surface area contributed by atoms with Gasteiger partial charge in [0.25, 0.3) is 0 Å². The van der Waals surface area contributed by atoms with Gasteiger partial charge in [-0.15, -0.1) is 0 Å². The number of carbonyl (C=O) groups is 1. The summed E-state index contributed by atoms with van der Waals surface area (Å²) in [7, 11) is 0. The van der Waals surface area contributed by atoms with Gasteiger partial charge in [0.05, 0.1) is 5.69 Å². The van der Waals surface area contributed by atoms with Crippen LogP contribution in [0.3, 0.4) is 0 Å². The van der Waals surface area contributed by atoms with Gasteiger partial charge in [-0.3, -0.25) is 0 Å². The summed E-state index contributed by atoms with van der Waals surface area (Å²) in [6.45, 7) is 10.1. The van der Waals surface area contributed by atoms with Crippen molar-refractivity contribution in [2.45, 2.75) is 72.6 Å². The van der Waals surface area contributed by atoms with Gasteiger partial charge in [0.1, 0.15) is 12.1 Å². The summed E-state index contributed by atoms with van der Waals surface area (Å²) in [5.41, 5.74) is 7.69. The minimum Gasteiger partial charge on any atom is -0.368 e. The Labute approximate surface area is 163 Å². The van der Waals surface area contributed by atoms with Crippen LogP contribution in [0.2, 0.25) is 0 Å². The van der Waals surface area contributed by atoms with Crippen LogP contribution in [0.4, 0.5) is 10.3 Å². The zero-order valence-electron chi connectivity index (χ0n) is 17.4. The highest BCUT2D eigenvalue weighted by molar-refractivity contribution is 5.44. The first-order valence-corrected chi connectivity index (χ1v) is 9.71. The van der Waals surface area contributed by atoms with Gasteiger partial charge in [-0.1, -0.05) is 62.9 Å². The standard InChI is InChI=1S/C13H24N2O.C7H7F.C2H4O/c1-4-6-11(8-7-10(3)5-2)12-9-13(14)16-15-12;1-6-2-4-7(8)5-3-6;1-2-3/h9-11H,4-8,14H2,1-3H3;2-5H,1H3;2H,1H3. The number of aldehydes is 1. The molecule has 2 rings (SSSR count). The topological polar surface area (TPSA) is 69.1 Å². The third kappa shape index (κ3) is 11.9. The molecule has 0 fully saturated rings. The van der Waals surface area contributed by atoms with Crippen LogP contribution in [0, 0.1) is 18.7 Å². The highest BCUT2D eigenvalue weighted by Gasteiger charge is 2.16. The van der Waals surface area contributed by atoms with Crippen molar-refractivity contribution in [3.63, 3.8) is 0 Å². The molecular weight excluding hydrogens is 343 g/mol. The van der Waals surface area contributed by atoms with E-state index in [4.69, 9.17) is 15.1 Å². The number of hydrogen-bond donors (Lipinski definition) is 1. The van der Waals surface area contributed by atoms with Crippen molar-refractivity contribution in [1.29, 1.82) is 0 Å². The third-order valence-electron chi connectivity index (χ3n) is 4.32. The number of carbonyl (C=O) groups excluding carboxylic acids is 1. The number of nitrogens with two attached hydrogens (primary N) is 1. The van der Waals surface area contributed by atoms with Crippen LogP contribution in [0.1, 0.15) is 77.0 Å². The van der Waals surface area contributed by atoms with Crippen molar-refractivity contribution in [2.24, 2.45) is 5.92 Å². The Morgan fingerprint density at radius 1 is 1.19 bits per heavy atom. The Morgan fingerprint density at radius 2 is 1.78 bits per heavy atom. The molecule has 1 heterocycles. The average molecular weight is 379 g/mol. The van der Waals surface area contributed by atoms with Crippen LogP contribution in [0.5, 0.6) is 0 Å². The lowest BCUT2D eigenvalue weighted by Gasteiger charge is -2.15. The summed E-state index contributed by atoms with van der Waals surface area (Å²) in [5.74, 6) is 1.57. The molecule has 0 radical (unpaired) electrons. The van der Waals surface area contributed by atoms with E-state index in [0.29, 0.717) is 11.8 Å². The van der Waals surface area contributed by atoms with Gasteiger partial charge in [0.15, 0.2) is 0 Å². The molecule has 1 aromatic heterocycles. The molecule has 2 unspecified atom stereocenters. The Bertz CT molecular complexity index is 590. The second kappa shape index (κ2) is 14.9. The van der Waals surface area contributed by atoms with Crippen molar-refractivity contribution < 1.29 is 13.7 Å². The van der Waals surface area contributed by atoms with Gasteiger partial charge in [-0.2, -0.15) is 0 Å². The van der Waals surface area contributed by atoms with E-state index < -0.39 is 0 Å². The molecule has 2 atom stereocenters. The fourth-order valence-corrected chi connectivity index (χ4v) is 2.51. The average Bonchev–Trinajstić information content (AvgIpc) is 3.08. The van der Waals surface area contributed by atoms with Gasteiger partial charge < -0.3 is 15.1 Å². The maximum absolute atomic E-state index is 12.1. The first-order valence-electron chi connectivity index (χ1n) is 9.71. The number of hydrogen-bond acceptors (Lipinski definition) is 4. The Kier molecular flexibility index (Phi) is 13.7. The number of nitrogen functional groups attached to an aromatic ring is 1. The summed E-state index contributed by atoms with van der Waals surface area (Å²) in [6, 6.07) is 8.27. The predicted octanol–water partition coefficient (Wildman–Crippen LogP) is 6.31. The number of halogens is 1. The highest BCUT2D eigenvalue weighted by Crippen LogP contribution is 2.28. The normalized spacial score (nSPS) is 12.1. The number of aryl methyl sites for hydroxylation is 1. The van der Waals surface area contributed by atoms with Crippen molar-refractivity contribution in [3.8, 4) is 0 Å². The second-order valence-corrected chi connectivity index (χ2v) is 6.76. The van der Waals surface area contributed by atoms with Crippen LogP contribution >= 0.6 is 0 Å². The predicted molar refractivity (Wildman–Crippen MR) is 110 cm³/mol. The van der Waals surface area contributed by atoms with Gasteiger partial charge in [-0.25, -0.2) is 4.39 Å². The van der Waals surface area contributed by atoms with E-state index in [9.17, 15) is 4.39 Å². The SMILES string of the molecule is CC=O.CCCC(CCC(C)CC)c1cc(N)on1.Cc1ccc(F)cc1. The van der Waals surface area contributed by atoms with Crippen molar-refractivity contribution in [2.75, 3.05) is 5.73 Å². The lowest BCUT2D eigenvalue weighted by molar-refractivity contribution is -0.106. The van der Waals surface area contributed by atoms with E-state index in [1.54, 1.807) is 12.1 Å². The maximum Gasteiger partial charge on any atom is 0.222 e. The Balaban J connectivity index is 0.000000509. The molecule has 0 aliphatic heterocycles. The van der Waals surface area contributed by atoms with Crippen molar-refractivity contribution >= 4 is 12.2 Å². The number of nitrogens with zero attached hydrogens (tertiary/aromatic N) is 1. The Morgan fingerprint density at radius 3 is 2.19 bits per heavy atom. The summed E-state index contributed by atoms with van der Waals surface area (Å²) >= 11 is 0. The molecule has 0 amide bonds. The van der Waals surface area contributed by atoms with Crippen molar-refractivity contribution in [1.82, 2.24) is 5.16 Å². The molecule has 2 N–H and O–H groups in total. The fraction of sp³-hybridized carbons (Fsp3) is 0.545. The first kappa shape index (κ1) is 24.8. The molecule has 0 bridgehead atoms. The third-order valence-corrected chi connectivity index (χ3v) is 4.32. The number of aromatic nitrogens is 1. The highest BCUT2D eigenvalue weighted by atomic mass is 19.1. The quantitative estimate of drug-likeness (QED) is 0.573. The van der Waals surface area contributed by atoms with E-state index in [2.05, 4.69) is 25.9 Å². The summed E-state index contributed by atoms with van der Waals surface area (Å²) in [5, 5.41) is 4.04. The van der Waals surface area contributed by atoms with E-state index in [1.165, 1.54) is 51.2 Å². The Hall–Kier alpha value is -2.17. The van der Waals surface area contributed by atoms with Crippen LogP contribution in [0.15, 0.2) is 34.9 Å². The van der Waals surface area contributed by atoms with Gasteiger partial charge >= 0.3 is 0 Å². The van der Waals surface area contributed by atoms with Crippen LogP contribution < -0.4 is 5.73 Å². The van der Waals surface area contributed by atoms with Gasteiger partial charge in [0, 0.05) is 12.0 Å². The molecule has 4 nitrogen and oxygen atoms in total. The molecule has 0 saturated carbocycles. The number of anilines is 1. The van der Waals surface area contributed by atoms with E-state index in [0.717, 1.165) is 23.5 Å². The lowest BCUT2D eigenvalue weighted by Crippen LogP contribution is -2.02. The number of rotatable bonds is 7. The van der Waals surface area contributed by atoms with Crippen LogP contribution in [0.25, 0.3) is 0 Å². The minimum absolute atomic E-state index is 0.171. The van der Waals surface area contributed by atoms with Crippen molar-refractivity contribution in [3.05, 3.63) is 47.4 Å². The molecule has 1 aromatic carbocycles. The lowest BCUT2D eigenvalue weighted by atomic mass is 9.90. The molecular formula is C22H35FN2O2. The molecule has 152 valence electrons. The summed E-state index contributed by atoms with van der Waals surface area (Å²) in [4.78, 5) is 8.81. The minimum atomic E-state index is -0.171. The molecule has 2 aromatic rings. The molecule has 0 spiro atoms. The fourth-order valence-electron chi connectivity index (χ4n) is 2.51. The molecule has 0 aliphatic rings. The largest absolute Gasteiger partial charge is 0.368 e. The van der Waals surface area contributed by atoms with Gasteiger partial charge in [0.2, 0.25) is 5.88 Å². The summed E-state index contributed by atoms with van der Waals surface area (Å²) in [6.07, 6.45) is 6.79. The second-order valence-electron chi connectivity index (χ2n) is 6.76. The first-order chi connectivity index (χ1) is 12.9. The van der Waals surface area contributed by atoms with E-state index in [-0.39, 0.29) is 5.82 Å². The molecule has 27 heavy (non-hydrogen) atoms. The molecule has 0 aliphatic carbocycles. The zero-order chi connectivity index (χ0) is 20.7. The van der Waals surface area contributed by atoms with Crippen LogP contribution in [-0.2, 0) is 4.79 Å². The van der Waals surface area contributed by atoms with Gasteiger partial charge in [-0.05, 0) is 44.7 Å². The maximum atomic E-state index is 12.1. The van der Waals surface area contributed by atoms with E-state index in [1.807, 2.05) is 13.0 Å². The number of benzene rings is 1. The van der Waals surface area contributed by atoms with E-state index >= 15 is 0 Å². The summed E-state index contributed by atoms with van der Waals surface area (Å²) < 4.78 is 17.0. The zero-order valence-corrected chi connectivity index (χ0v) is 17.4. The smallest absolute Gasteiger partial charge is 0.222 e. The van der Waals surface area contributed by atoms with Crippen LogP contribution in [-0.4, -0.2) is 11.4 Å². The monoisotopic (exact) mass is 378 g/mol.